The Morgan fingerprint density at radius 2 is 2.11 bits per heavy atom. The molecule has 0 aromatic heterocycles. The molecule has 0 saturated carbocycles. The number of carbonyl (C=O) groups is 1. The van der Waals surface area contributed by atoms with E-state index in [1.807, 2.05) is 0 Å². The maximum Gasteiger partial charge on any atom is 0.330 e. The van der Waals surface area contributed by atoms with Gasteiger partial charge in [-0.15, -0.1) is 0 Å². The van der Waals surface area contributed by atoms with Gasteiger partial charge in [0, 0.05) is 12.6 Å². The summed E-state index contributed by atoms with van der Waals surface area (Å²) in [4.78, 5) is 14.5. The van der Waals surface area contributed by atoms with Gasteiger partial charge in [-0.05, 0) is 6.42 Å². The number of carbonyl (C=O) groups excluding carboxylic acids is 1. The maximum atomic E-state index is 10.6. The predicted octanol–water partition coefficient (Wildman–Crippen LogP) is 2.69. The molecule has 0 aliphatic carbocycles. The van der Waals surface area contributed by atoms with Crippen LogP contribution < -0.4 is 5.32 Å². The highest BCUT2D eigenvalue weighted by molar-refractivity contribution is 5.81. The van der Waals surface area contributed by atoms with Crippen molar-refractivity contribution in [2.75, 3.05) is 19.7 Å². The first-order valence-corrected chi connectivity index (χ1v) is 6.82. The van der Waals surface area contributed by atoms with Crippen molar-refractivity contribution < 1.29 is 9.53 Å². The molecular formula is C14H26N2O2. The number of rotatable bonds is 8. The summed E-state index contributed by atoms with van der Waals surface area (Å²) in [5.41, 5.74) is 0. The molecule has 1 aliphatic rings. The van der Waals surface area contributed by atoms with Crippen LogP contribution in [0.3, 0.4) is 0 Å². The van der Waals surface area contributed by atoms with Gasteiger partial charge in [0.25, 0.3) is 0 Å². The van der Waals surface area contributed by atoms with Gasteiger partial charge in [0.05, 0.1) is 19.5 Å². The first kappa shape index (κ1) is 16.7. The monoisotopic (exact) mass is 254 g/mol. The third-order valence-corrected chi connectivity index (χ3v) is 2.48. The van der Waals surface area contributed by atoms with Crippen LogP contribution in [0.5, 0.6) is 0 Å². The lowest BCUT2D eigenvalue weighted by Gasteiger charge is -2.01. The van der Waals surface area contributed by atoms with Crippen LogP contribution in [-0.4, -0.2) is 32.0 Å². The van der Waals surface area contributed by atoms with Crippen LogP contribution in [-0.2, 0) is 9.53 Å². The van der Waals surface area contributed by atoms with E-state index in [9.17, 15) is 4.79 Å². The smallest absolute Gasteiger partial charge is 0.330 e. The molecule has 0 spiro atoms. The van der Waals surface area contributed by atoms with Gasteiger partial charge in [0.15, 0.2) is 0 Å². The summed E-state index contributed by atoms with van der Waals surface area (Å²) < 4.78 is 4.84. The Hall–Kier alpha value is -1.32. The van der Waals surface area contributed by atoms with Crippen LogP contribution >= 0.6 is 0 Å². The van der Waals surface area contributed by atoms with E-state index in [0.717, 1.165) is 25.9 Å². The lowest BCUT2D eigenvalue weighted by atomic mass is 10.1. The minimum atomic E-state index is -0.312. The summed E-state index contributed by atoms with van der Waals surface area (Å²) in [6, 6.07) is 0. The Bertz CT molecular complexity index is 234. The molecule has 0 atom stereocenters. The highest BCUT2D eigenvalue weighted by Gasteiger charge is 1.94. The largest absolute Gasteiger partial charge is 0.463 e. The molecule has 0 bridgehead atoms. The summed E-state index contributed by atoms with van der Waals surface area (Å²) in [7, 11) is 0. The van der Waals surface area contributed by atoms with Gasteiger partial charge in [-0.25, -0.2) is 4.79 Å². The third kappa shape index (κ3) is 12.7. The first-order valence-electron chi connectivity index (χ1n) is 6.82. The molecule has 0 unspecified atom stereocenters. The summed E-state index contributed by atoms with van der Waals surface area (Å²) >= 11 is 0. The van der Waals surface area contributed by atoms with Gasteiger partial charge in [-0.1, -0.05) is 45.6 Å². The average molecular weight is 254 g/mol. The molecular weight excluding hydrogens is 228 g/mol. The zero-order valence-electron chi connectivity index (χ0n) is 11.5. The van der Waals surface area contributed by atoms with E-state index in [4.69, 9.17) is 4.74 Å². The normalized spacial score (nSPS) is 12.3. The molecule has 4 heteroatoms. The van der Waals surface area contributed by atoms with Crippen LogP contribution in [0.25, 0.3) is 0 Å². The molecule has 0 aromatic rings. The second-order valence-electron chi connectivity index (χ2n) is 4.13. The second-order valence-corrected chi connectivity index (χ2v) is 4.13. The number of aliphatic imine (C=N–C) groups is 1. The van der Waals surface area contributed by atoms with E-state index in [1.54, 1.807) is 6.34 Å². The van der Waals surface area contributed by atoms with Crippen molar-refractivity contribution in [1.29, 1.82) is 0 Å². The fourth-order valence-electron chi connectivity index (χ4n) is 1.44. The number of hydrogen-bond donors (Lipinski definition) is 1. The summed E-state index contributed by atoms with van der Waals surface area (Å²) in [5, 5.41) is 2.93. The van der Waals surface area contributed by atoms with E-state index < -0.39 is 0 Å². The number of nitrogens with zero attached hydrogens (tertiary/aromatic N) is 1. The fraction of sp³-hybridized carbons (Fsp3) is 0.714. The second kappa shape index (κ2) is 13.7. The Labute approximate surface area is 111 Å². The quantitative estimate of drug-likeness (QED) is 0.411. The first-order chi connectivity index (χ1) is 8.81. The van der Waals surface area contributed by atoms with Crippen molar-refractivity contribution in [1.82, 2.24) is 5.32 Å². The Morgan fingerprint density at radius 1 is 1.39 bits per heavy atom. The number of nitrogens with one attached hydrogen (secondary N) is 1. The van der Waals surface area contributed by atoms with Crippen molar-refractivity contribution in [2.45, 2.75) is 45.4 Å². The van der Waals surface area contributed by atoms with Crippen LogP contribution in [0, 0.1) is 0 Å². The molecule has 0 saturated heterocycles. The van der Waals surface area contributed by atoms with E-state index in [-0.39, 0.29) is 5.97 Å². The van der Waals surface area contributed by atoms with Crippen molar-refractivity contribution in [2.24, 2.45) is 4.99 Å². The Kier molecular flexibility index (Phi) is 12.7. The molecule has 1 N–H and O–H groups in total. The summed E-state index contributed by atoms with van der Waals surface area (Å²) in [6.45, 7) is 8.05. The van der Waals surface area contributed by atoms with Crippen molar-refractivity contribution in [3.05, 3.63) is 12.7 Å². The lowest BCUT2D eigenvalue weighted by Crippen LogP contribution is -2.04. The van der Waals surface area contributed by atoms with Crippen LogP contribution in [0.15, 0.2) is 17.6 Å². The van der Waals surface area contributed by atoms with Gasteiger partial charge >= 0.3 is 5.97 Å². The molecule has 104 valence electrons. The fourth-order valence-corrected chi connectivity index (χ4v) is 1.44. The molecule has 0 aromatic carbocycles. The molecule has 1 rings (SSSR count). The SMILES string of the molecule is C1=NCCN1.C=CC(=O)OCCCCCCCC. The van der Waals surface area contributed by atoms with Gasteiger partial charge in [0.2, 0.25) is 0 Å². The molecule has 0 radical (unpaired) electrons. The van der Waals surface area contributed by atoms with Crippen LogP contribution in [0.1, 0.15) is 45.4 Å². The minimum Gasteiger partial charge on any atom is -0.463 e. The third-order valence-electron chi connectivity index (χ3n) is 2.48. The standard InChI is InChI=1S/C11H20O2.C3H6N2/c1-3-5-6-7-8-9-10-13-11(12)4-2;1-2-5-3-4-1/h4H,2-3,5-10H2,1H3;3H,1-2H2,(H,4,5). The van der Waals surface area contributed by atoms with Crippen LogP contribution in [0.2, 0.25) is 0 Å². The zero-order valence-corrected chi connectivity index (χ0v) is 11.5. The number of esters is 1. The van der Waals surface area contributed by atoms with Crippen LogP contribution in [0.4, 0.5) is 0 Å². The highest BCUT2D eigenvalue weighted by Crippen LogP contribution is 2.04. The molecule has 0 amide bonds. The van der Waals surface area contributed by atoms with Crippen molar-refractivity contribution in [3.63, 3.8) is 0 Å². The van der Waals surface area contributed by atoms with Gasteiger partial charge < -0.3 is 10.1 Å². The Balaban J connectivity index is 0.000000473. The van der Waals surface area contributed by atoms with E-state index in [2.05, 4.69) is 23.8 Å². The molecule has 0 fully saturated rings. The van der Waals surface area contributed by atoms with Crippen molar-refractivity contribution >= 4 is 12.3 Å². The summed E-state index contributed by atoms with van der Waals surface area (Å²) in [5.74, 6) is -0.312. The summed E-state index contributed by atoms with van der Waals surface area (Å²) in [6.07, 6.45) is 10.2. The maximum absolute atomic E-state index is 10.6. The van der Waals surface area contributed by atoms with Gasteiger partial charge in [0.1, 0.15) is 0 Å². The average Bonchev–Trinajstić information content (AvgIpc) is 2.96. The Morgan fingerprint density at radius 3 is 2.61 bits per heavy atom. The minimum absolute atomic E-state index is 0.312. The van der Waals surface area contributed by atoms with Crippen molar-refractivity contribution in [3.8, 4) is 0 Å². The molecule has 1 heterocycles. The molecule has 18 heavy (non-hydrogen) atoms. The number of unbranched alkanes of at least 4 members (excludes halogenated alkanes) is 5. The van der Waals surface area contributed by atoms with Gasteiger partial charge in [-0.3, -0.25) is 4.99 Å². The lowest BCUT2D eigenvalue weighted by molar-refractivity contribution is -0.137. The molecule has 1 aliphatic heterocycles. The number of hydrogen-bond acceptors (Lipinski definition) is 4. The zero-order chi connectivity index (χ0) is 13.5. The molecule has 4 nitrogen and oxygen atoms in total. The highest BCUT2D eigenvalue weighted by atomic mass is 16.5. The topological polar surface area (TPSA) is 50.7 Å². The predicted molar refractivity (Wildman–Crippen MR) is 75.9 cm³/mol. The van der Waals surface area contributed by atoms with E-state index in [0.29, 0.717) is 6.61 Å². The number of ether oxygens (including phenoxy) is 1. The van der Waals surface area contributed by atoms with E-state index >= 15 is 0 Å². The van der Waals surface area contributed by atoms with E-state index in [1.165, 1.54) is 31.8 Å². The van der Waals surface area contributed by atoms with Gasteiger partial charge in [-0.2, -0.15) is 0 Å².